The molecule has 1 aromatic rings. The van der Waals surface area contributed by atoms with Crippen molar-refractivity contribution in [3.8, 4) is 0 Å². The molecule has 2 rings (SSSR count). The molecule has 1 fully saturated rings. The van der Waals surface area contributed by atoms with Crippen molar-refractivity contribution < 1.29 is 9.47 Å². The summed E-state index contributed by atoms with van der Waals surface area (Å²) in [6, 6.07) is 0.279. The topological polar surface area (TPSA) is 72.7 Å². The lowest BCUT2D eigenvalue weighted by Crippen LogP contribution is -2.43. The molecule has 2 heterocycles. The molecule has 1 aliphatic rings. The van der Waals surface area contributed by atoms with E-state index in [1.807, 2.05) is 11.7 Å². The van der Waals surface area contributed by atoms with E-state index in [-0.39, 0.29) is 6.04 Å². The van der Waals surface area contributed by atoms with Crippen molar-refractivity contribution in [3.05, 3.63) is 17.0 Å². The van der Waals surface area contributed by atoms with E-state index < -0.39 is 0 Å². The fourth-order valence-corrected chi connectivity index (χ4v) is 3.27. The largest absolute Gasteiger partial charge is 0.381 e. The Balaban J connectivity index is 1.66. The van der Waals surface area contributed by atoms with Gasteiger partial charge in [-0.15, -0.1) is 0 Å². The molecule has 0 amide bonds. The van der Waals surface area contributed by atoms with Crippen molar-refractivity contribution in [2.45, 2.75) is 58.6 Å². The van der Waals surface area contributed by atoms with Crippen molar-refractivity contribution in [1.29, 1.82) is 0 Å². The molecule has 7 heteroatoms. The molecule has 1 aliphatic heterocycles. The third-order valence-electron chi connectivity index (χ3n) is 4.91. The maximum absolute atomic E-state index is 5.90. The van der Waals surface area contributed by atoms with Crippen molar-refractivity contribution in [2.24, 2.45) is 12.0 Å². The number of rotatable bonds is 8. The highest BCUT2D eigenvalue weighted by Crippen LogP contribution is 2.14. The van der Waals surface area contributed by atoms with Gasteiger partial charge in [0.25, 0.3) is 0 Å². The molecule has 1 unspecified atom stereocenters. The minimum absolute atomic E-state index is 0.279. The van der Waals surface area contributed by atoms with E-state index in [1.165, 1.54) is 11.3 Å². The number of aryl methyl sites for hydroxylation is 2. The summed E-state index contributed by atoms with van der Waals surface area (Å²) in [5, 5.41) is 11.3. The monoisotopic (exact) mass is 365 g/mol. The van der Waals surface area contributed by atoms with Gasteiger partial charge in [-0.05, 0) is 52.0 Å². The van der Waals surface area contributed by atoms with Crippen molar-refractivity contribution in [3.63, 3.8) is 0 Å². The Morgan fingerprint density at radius 2 is 2.12 bits per heavy atom. The van der Waals surface area contributed by atoms with Crippen LogP contribution in [0.25, 0.3) is 0 Å². The lowest BCUT2D eigenvalue weighted by Gasteiger charge is -2.22. The van der Waals surface area contributed by atoms with Crippen LogP contribution in [0.1, 0.15) is 43.1 Å². The van der Waals surface area contributed by atoms with Gasteiger partial charge < -0.3 is 20.1 Å². The lowest BCUT2D eigenvalue weighted by molar-refractivity contribution is -0.0320. The maximum Gasteiger partial charge on any atom is 0.191 e. The van der Waals surface area contributed by atoms with Crippen LogP contribution in [0, 0.1) is 13.8 Å². The Bertz CT molecular complexity index is 579. The first-order valence-corrected chi connectivity index (χ1v) is 9.66. The summed E-state index contributed by atoms with van der Waals surface area (Å²) in [4.78, 5) is 4.32. The van der Waals surface area contributed by atoms with Crippen LogP contribution >= 0.6 is 0 Å². The van der Waals surface area contributed by atoms with Crippen molar-refractivity contribution in [1.82, 2.24) is 20.4 Å². The molecule has 26 heavy (non-hydrogen) atoms. The molecule has 0 saturated carbocycles. The van der Waals surface area contributed by atoms with Crippen LogP contribution in [0.3, 0.4) is 0 Å². The lowest BCUT2D eigenvalue weighted by atomic mass is 10.1. The van der Waals surface area contributed by atoms with Crippen LogP contribution in [0.5, 0.6) is 0 Å². The molecule has 1 saturated heterocycles. The molecule has 0 bridgehead atoms. The Hall–Kier alpha value is -1.60. The molecule has 0 aromatic carbocycles. The number of ether oxygens (including phenoxy) is 2. The quantitative estimate of drug-likeness (QED) is 0.417. The zero-order valence-corrected chi connectivity index (χ0v) is 17.0. The smallest absolute Gasteiger partial charge is 0.191 e. The van der Waals surface area contributed by atoms with Crippen molar-refractivity contribution >= 4 is 5.96 Å². The maximum atomic E-state index is 5.90. The predicted octanol–water partition coefficient (Wildman–Crippen LogP) is 1.72. The summed E-state index contributed by atoms with van der Waals surface area (Å²) in [5.41, 5.74) is 3.64. The van der Waals surface area contributed by atoms with Crippen molar-refractivity contribution in [2.75, 3.05) is 33.4 Å². The third kappa shape index (κ3) is 6.29. The third-order valence-corrected chi connectivity index (χ3v) is 4.91. The molecule has 0 aliphatic carbocycles. The van der Waals surface area contributed by atoms with Crippen LogP contribution in [-0.2, 0) is 22.9 Å². The Kier molecular flexibility index (Phi) is 8.38. The van der Waals surface area contributed by atoms with Gasteiger partial charge in [0.1, 0.15) is 0 Å². The van der Waals surface area contributed by atoms with Gasteiger partial charge in [0.15, 0.2) is 5.96 Å². The number of hydrogen-bond acceptors (Lipinski definition) is 4. The molecule has 148 valence electrons. The fraction of sp³-hybridized carbons (Fsp3) is 0.789. The minimum atomic E-state index is 0.279. The second-order valence-electron chi connectivity index (χ2n) is 7.06. The second-order valence-corrected chi connectivity index (χ2v) is 7.06. The molecular formula is C19H35N5O2. The normalized spacial score (nSPS) is 17.3. The summed E-state index contributed by atoms with van der Waals surface area (Å²) in [6.07, 6.45) is 4.29. The van der Waals surface area contributed by atoms with Crippen LogP contribution in [0.15, 0.2) is 4.99 Å². The fourth-order valence-electron chi connectivity index (χ4n) is 3.27. The van der Waals surface area contributed by atoms with Crippen LogP contribution in [0.4, 0.5) is 0 Å². The Labute approximate surface area is 157 Å². The molecule has 1 atom stereocenters. The summed E-state index contributed by atoms with van der Waals surface area (Å²) < 4.78 is 13.2. The van der Waals surface area contributed by atoms with Gasteiger partial charge in [0.05, 0.1) is 11.8 Å². The molecule has 1 aromatic heterocycles. The zero-order chi connectivity index (χ0) is 18.9. The average Bonchev–Trinajstić information content (AvgIpc) is 2.87. The van der Waals surface area contributed by atoms with E-state index in [0.717, 1.165) is 63.7 Å². The number of nitrogens with one attached hydrogen (secondary N) is 2. The number of aromatic nitrogens is 2. The zero-order valence-electron chi connectivity index (χ0n) is 17.0. The van der Waals surface area contributed by atoms with E-state index in [4.69, 9.17) is 9.47 Å². The van der Waals surface area contributed by atoms with Gasteiger partial charge in [-0.3, -0.25) is 9.67 Å². The van der Waals surface area contributed by atoms with E-state index in [9.17, 15) is 0 Å². The van der Waals surface area contributed by atoms with E-state index in [0.29, 0.717) is 6.10 Å². The van der Waals surface area contributed by atoms with Gasteiger partial charge in [0, 0.05) is 52.2 Å². The highest BCUT2D eigenvalue weighted by molar-refractivity contribution is 5.79. The number of hydrogen-bond donors (Lipinski definition) is 2. The summed E-state index contributed by atoms with van der Waals surface area (Å²) in [7, 11) is 3.80. The van der Waals surface area contributed by atoms with E-state index >= 15 is 0 Å². The summed E-state index contributed by atoms with van der Waals surface area (Å²) in [6.45, 7) is 9.64. The van der Waals surface area contributed by atoms with Gasteiger partial charge in [-0.1, -0.05) is 0 Å². The molecule has 0 radical (unpaired) electrons. The second kappa shape index (κ2) is 10.5. The first kappa shape index (κ1) is 20.7. The number of aliphatic imine (C=N–C) groups is 1. The van der Waals surface area contributed by atoms with E-state index in [2.05, 4.69) is 41.5 Å². The van der Waals surface area contributed by atoms with Gasteiger partial charge in [-0.2, -0.15) is 5.10 Å². The SMILES string of the molecule is CN=C(NCCCOC1CCOCC1)NC(C)Cc1c(C)nn(C)c1C. The average molecular weight is 366 g/mol. The predicted molar refractivity (Wildman–Crippen MR) is 105 cm³/mol. The number of nitrogens with zero attached hydrogens (tertiary/aromatic N) is 3. The molecule has 2 N–H and O–H groups in total. The van der Waals surface area contributed by atoms with Gasteiger partial charge in [-0.25, -0.2) is 0 Å². The highest BCUT2D eigenvalue weighted by atomic mass is 16.5. The molecule has 0 spiro atoms. The van der Waals surface area contributed by atoms with Gasteiger partial charge >= 0.3 is 0 Å². The minimum Gasteiger partial charge on any atom is -0.381 e. The number of guanidine groups is 1. The Morgan fingerprint density at radius 3 is 2.73 bits per heavy atom. The molecule has 7 nitrogen and oxygen atoms in total. The molecular weight excluding hydrogens is 330 g/mol. The highest BCUT2D eigenvalue weighted by Gasteiger charge is 2.15. The Morgan fingerprint density at radius 1 is 1.38 bits per heavy atom. The summed E-state index contributed by atoms with van der Waals surface area (Å²) in [5.74, 6) is 0.836. The van der Waals surface area contributed by atoms with Crippen LogP contribution in [-0.4, -0.2) is 61.3 Å². The van der Waals surface area contributed by atoms with Gasteiger partial charge in [0.2, 0.25) is 0 Å². The first-order valence-electron chi connectivity index (χ1n) is 9.66. The first-order chi connectivity index (χ1) is 12.5. The van der Waals surface area contributed by atoms with Crippen LogP contribution in [0.2, 0.25) is 0 Å². The summed E-state index contributed by atoms with van der Waals surface area (Å²) >= 11 is 0. The standard InChI is InChI=1S/C19H35N5O2/c1-14(13-18-15(2)23-24(5)16(18)3)22-19(20-4)21-9-6-10-26-17-7-11-25-12-8-17/h14,17H,6-13H2,1-5H3,(H2,20,21,22). The van der Waals surface area contributed by atoms with E-state index in [1.54, 1.807) is 7.05 Å². The van der Waals surface area contributed by atoms with Crippen LogP contribution < -0.4 is 10.6 Å².